The standard InChI is InChI=1S/C13H19N5O2S/c14-7-9-1-2-10(20-9)12-17-18-11(15-16-13(18)21-12)8-3-5-19-6-4-8/h8-10H,1-7,14H2. The molecule has 0 spiro atoms. The average molecular weight is 309 g/mol. The van der Waals surface area contributed by atoms with Crippen molar-refractivity contribution in [2.75, 3.05) is 19.8 Å². The second kappa shape index (κ2) is 5.60. The van der Waals surface area contributed by atoms with Crippen molar-refractivity contribution in [1.82, 2.24) is 19.8 Å². The van der Waals surface area contributed by atoms with Gasteiger partial charge in [0.25, 0.3) is 0 Å². The predicted octanol–water partition coefficient (Wildman–Crippen LogP) is 1.26. The minimum Gasteiger partial charge on any atom is -0.381 e. The van der Waals surface area contributed by atoms with Gasteiger partial charge in [0, 0.05) is 25.7 Å². The number of nitrogens with zero attached hydrogens (tertiary/aromatic N) is 4. The maximum absolute atomic E-state index is 5.92. The number of fused-ring (bicyclic) bond motifs is 1. The second-order valence-corrected chi connectivity index (χ2v) is 6.63. The van der Waals surface area contributed by atoms with Crippen LogP contribution in [0.25, 0.3) is 4.96 Å². The van der Waals surface area contributed by atoms with Gasteiger partial charge in [0.1, 0.15) is 11.1 Å². The molecular weight excluding hydrogens is 290 g/mol. The highest BCUT2D eigenvalue weighted by atomic mass is 32.1. The number of nitrogens with two attached hydrogens (primary N) is 1. The molecule has 7 nitrogen and oxygen atoms in total. The molecule has 114 valence electrons. The Hall–Kier alpha value is -1.09. The van der Waals surface area contributed by atoms with Gasteiger partial charge in [0.15, 0.2) is 5.82 Å². The fourth-order valence-corrected chi connectivity index (χ4v) is 3.96. The monoisotopic (exact) mass is 309 g/mol. The summed E-state index contributed by atoms with van der Waals surface area (Å²) in [7, 11) is 0. The molecule has 2 N–H and O–H groups in total. The highest BCUT2D eigenvalue weighted by Crippen LogP contribution is 2.35. The summed E-state index contributed by atoms with van der Waals surface area (Å²) in [6.07, 6.45) is 4.20. The third-order valence-corrected chi connectivity index (χ3v) is 5.25. The molecule has 2 saturated heterocycles. The molecule has 2 atom stereocenters. The smallest absolute Gasteiger partial charge is 0.234 e. The Morgan fingerprint density at radius 1 is 1.19 bits per heavy atom. The van der Waals surface area contributed by atoms with Crippen molar-refractivity contribution in [3.8, 4) is 0 Å². The average Bonchev–Trinajstić information content (AvgIpc) is 3.22. The summed E-state index contributed by atoms with van der Waals surface area (Å²) in [4.78, 5) is 0.853. The Kier molecular flexibility index (Phi) is 3.62. The van der Waals surface area contributed by atoms with Crippen molar-refractivity contribution in [3.05, 3.63) is 10.8 Å². The summed E-state index contributed by atoms with van der Waals surface area (Å²) in [5.41, 5.74) is 5.67. The topological polar surface area (TPSA) is 87.6 Å². The number of hydrogen-bond acceptors (Lipinski definition) is 7. The summed E-state index contributed by atoms with van der Waals surface area (Å²) in [5.74, 6) is 1.36. The first kappa shape index (κ1) is 13.6. The molecule has 2 aliphatic heterocycles. The Morgan fingerprint density at radius 3 is 2.81 bits per heavy atom. The first-order valence-electron chi connectivity index (χ1n) is 7.50. The second-order valence-electron chi connectivity index (χ2n) is 5.64. The number of rotatable bonds is 3. The Morgan fingerprint density at radius 2 is 2.05 bits per heavy atom. The van der Waals surface area contributed by atoms with E-state index < -0.39 is 0 Å². The predicted molar refractivity (Wildman–Crippen MR) is 77.4 cm³/mol. The van der Waals surface area contributed by atoms with Gasteiger partial charge in [-0.2, -0.15) is 9.61 Å². The molecular formula is C13H19N5O2S. The van der Waals surface area contributed by atoms with Crippen LogP contribution in [0.5, 0.6) is 0 Å². The van der Waals surface area contributed by atoms with Crippen molar-refractivity contribution in [1.29, 1.82) is 0 Å². The highest BCUT2D eigenvalue weighted by Gasteiger charge is 2.30. The Bertz CT molecular complexity index is 621. The van der Waals surface area contributed by atoms with Crippen LogP contribution in [0.2, 0.25) is 0 Å². The zero-order chi connectivity index (χ0) is 14.2. The lowest BCUT2D eigenvalue weighted by Gasteiger charge is -2.19. The molecule has 2 aliphatic rings. The molecule has 21 heavy (non-hydrogen) atoms. The molecule has 0 bridgehead atoms. The third kappa shape index (κ3) is 2.46. The van der Waals surface area contributed by atoms with Gasteiger partial charge in [-0.3, -0.25) is 0 Å². The molecule has 2 unspecified atom stereocenters. The van der Waals surface area contributed by atoms with Crippen molar-refractivity contribution in [3.63, 3.8) is 0 Å². The fourth-order valence-electron chi connectivity index (χ4n) is 3.05. The normalized spacial score (nSPS) is 27.7. The number of ether oxygens (including phenoxy) is 2. The van der Waals surface area contributed by atoms with Gasteiger partial charge < -0.3 is 15.2 Å². The minimum absolute atomic E-state index is 0.0628. The van der Waals surface area contributed by atoms with Gasteiger partial charge in [0.05, 0.1) is 6.10 Å². The SMILES string of the molecule is NCC1CCC(c2nn3c(C4CCOCC4)nnc3s2)O1. The molecule has 0 radical (unpaired) electrons. The Labute approximate surface area is 126 Å². The van der Waals surface area contributed by atoms with E-state index in [2.05, 4.69) is 10.2 Å². The third-order valence-electron chi connectivity index (χ3n) is 4.26. The van der Waals surface area contributed by atoms with Crippen molar-refractivity contribution in [2.24, 2.45) is 5.73 Å². The maximum Gasteiger partial charge on any atom is 0.234 e. The van der Waals surface area contributed by atoms with E-state index in [9.17, 15) is 0 Å². The van der Waals surface area contributed by atoms with E-state index in [1.54, 1.807) is 11.3 Å². The molecule has 0 aromatic carbocycles. The van der Waals surface area contributed by atoms with Gasteiger partial charge in [0.2, 0.25) is 4.96 Å². The van der Waals surface area contributed by atoms with Crippen LogP contribution in [-0.4, -0.2) is 45.7 Å². The molecule has 0 saturated carbocycles. The van der Waals surface area contributed by atoms with Crippen LogP contribution in [0, 0.1) is 0 Å². The van der Waals surface area contributed by atoms with Gasteiger partial charge in [-0.15, -0.1) is 10.2 Å². The van der Waals surface area contributed by atoms with Gasteiger partial charge in [-0.1, -0.05) is 11.3 Å². The summed E-state index contributed by atoms with van der Waals surface area (Å²) in [6, 6.07) is 0. The van der Waals surface area contributed by atoms with Crippen molar-refractivity contribution in [2.45, 2.75) is 43.8 Å². The van der Waals surface area contributed by atoms with Crippen LogP contribution < -0.4 is 5.73 Å². The van der Waals surface area contributed by atoms with E-state index in [1.165, 1.54) is 0 Å². The molecule has 2 aromatic rings. The van der Waals surface area contributed by atoms with E-state index in [-0.39, 0.29) is 12.2 Å². The summed E-state index contributed by atoms with van der Waals surface area (Å²) < 4.78 is 13.2. The summed E-state index contributed by atoms with van der Waals surface area (Å²) in [5, 5.41) is 14.3. The lowest BCUT2D eigenvalue weighted by atomic mass is 10.00. The van der Waals surface area contributed by atoms with Gasteiger partial charge in [-0.25, -0.2) is 0 Å². The molecule has 2 fully saturated rings. The van der Waals surface area contributed by atoms with E-state index in [4.69, 9.17) is 20.3 Å². The summed E-state index contributed by atoms with van der Waals surface area (Å²) >= 11 is 1.57. The lowest BCUT2D eigenvalue weighted by molar-refractivity contribution is 0.0491. The van der Waals surface area contributed by atoms with Crippen LogP contribution >= 0.6 is 11.3 Å². The van der Waals surface area contributed by atoms with Crippen molar-refractivity contribution < 1.29 is 9.47 Å². The first-order chi connectivity index (χ1) is 10.3. The minimum atomic E-state index is 0.0628. The lowest BCUT2D eigenvalue weighted by Crippen LogP contribution is -2.19. The molecule has 4 heterocycles. The van der Waals surface area contributed by atoms with Gasteiger partial charge in [-0.05, 0) is 25.7 Å². The van der Waals surface area contributed by atoms with Crippen LogP contribution in [-0.2, 0) is 9.47 Å². The fraction of sp³-hybridized carbons (Fsp3) is 0.769. The molecule has 4 rings (SSSR count). The van der Waals surface area contributed by atoms with E-state index >= 15 is 0 Å². The molecule has 0 amide bonds. The van der Waals surface area contributed by atoms with Crippen LogP contribution in [0.15, 0.2) is 0 Å². The number of aromatic nitrogens is 4. The van der Waals surface area contributed by atoms with Crippen molar-refractivity contribution >= 4 is 16.3 Å². The maximum atomic E-state index is 5.92. The van der Waals surface area contributed by atoms with Crippen LogP contribution in [0.1, 0.15) is 48.5 Å². The Balaban J connectivity index is 1.60. The zero-order valence-corrected chi connectivity index (χ0v) is 12.6. The molecule has 2 aromatic heterocycles. The van der Waals surface area contributed by atoms with E-state index in [0.717, 1.165) is 54.7 Å². The largest absolute Gasteiger partial charge is 0.381 e. The quantitative estimate of drug-likeness (QED) is 0.918. The van der Waals surface area contributed by atoms with E-state index in [0.29, 0.717) is 12.5 Å². The zero-order valence-electron chi connectivity index (χ0n) is 11.8. The molecule has 0 aliphatic carbocycles. The number of hydrogen-bond donors (Lipinski definition) is 1. The summed E-state index contributed by atoms with van der Waals surface area (Å²) in [6.45, 7) is 2.16. The first-order valence-corrected chi connectivity index (χ1v) is 8.32. The highest BCUT2D eigenvalue weighted by molar-refractivity contribution is 7.16. The van der Waals surface area contributed by atoms with Crippen LogP contribution in [0.4, 0.5) is 0 Å². The van der Waals surface area contributed by atoms with Crippen LogP contribution in [0.3, 0.4) is 0 Å². The molecule has 8 heteroatoms. The van der Waals surface area contributed by atoms with Gasteiger partial charge >= 0.3 is 0 Å². The van der Waals surface area contributed by atoms with E-state index in [1.807, 2.05) is 4.52 Å².